The highest BCUT2D eigenvalue weighted by Crippen LogP contribution is 2.04. The highest BCUT2D eigenvalue weighted by Gasteiger charge is 2.10. The van der Waals surface area contributed by atoms with Crippen molar-refractivity contribution in [3.63, 3.8) is 0 Å². The van der Waals surface area contributed by atoms with Crippen LogP contribution in [0.2, 0.25) is 0 Å². The summed E-state index contributed by atoms with van der Waals surface area (Å²) in [6.45, 7) is 3.39. The Morgan fingerprint density at radius 2 is 1.82 bits per heavy atom. The predicted octanol–water partition coefficient (Wildman–Crippen LogP) is 1.00. The van der Waals surface area contributed by atoms with Crippen LogP contribution in [0.25, 0.3) is 0 Å². The first-order valence-electron chi connectivity index (χ1n) is 3.06. The lowest BCUT2D eigenvalue weighted by Gasteiger charge is -1.92. The standard InChI is InChI=1S/C6H7N3O2/c1-4-3-5(2)8-6(7-4)9(10)11/h3H,1-2H3. The molecule has 0 bridgehead atoms. The first-order chi connectivity index (χ1) is 5.09. The first kappa shape index (κ1) is 7.59. The van der Waals surface area contributed by atoms with E-state index in [-0.39, 0.29) is 5.95 Å². The number of nitro groups is 1. The molecule has 0 aliphatic carbocycles. The van der Waals surface area contributed by atoms with Gasteiger partial charge >= 0.3 is 5.95 Å². The van der Waals surface area contributed by atoms with Crippen LogP contribution in [0.3, 0.4) is 0 Å². The van der Waals surface area contributed by atoms with Gasteiger partial charge in [0.1, 0.15) is 11.4 Å². The average Bonchev–Trinajstić information content (AvgIpc) is 1.85. The Bertz CT molecular complexity index is 278. The molecule has 5 nitrogen and oxygen atoms in total. The largest absolute Gasteiger partial charge is 0.469 e. The molecule has 0 N–H and O–H groups in total. The second-order valence-corrected chi connectivity index (χ2v) is 2.21. The Kier molecular flexibility index (Phi) is 1.80. The van der Waals surface area contributed by atoms with E-state index in [1.165, 1.54) is 0 Å². The van der Waals surface area contributed by atoms with Gasteiger partial charge in [-0.25, -0.2) is 0 Å². The van der Waals surface area contributed by atoms with Crippen molar-refractivity contribution in [1.29, 1.82) is 0 Å². The van der Waals surface area contributed by atoms with Crippen LogP contribution >= 0.6 is 0 Å². The molecule has 1 heterocycles. The SMILES string of the molecule is Cc1cc(C)nc([N+](=O)[O-])n1. The molecule has 0 fully saturated rings. The molecule has 0 aliphatic heterocycles. The van der Waals surface area contributed by atoms with E-state index in [0.717, 1.165) is 0 Å². The van der Waals surface area contributed by atoms with E-state index in [4.69, 9.17) is 0 Å². The minimum atomic E-state index is -0.597. The first-order valence-corrected chi connectivity index (χ1v) is 3.06. The highest BCUT2D eigenvalue weighted by molar-refractivity contribution is 5.14. The molecular formula is C6H7N3O2. The minimum absolute atomic E-state index is 0.331. The Morgan fingerprint density at radius 3 is 2.18 bits per heavy atom. The fraction of sp³-hybridized carbons (Fsp3) is 0.333. The van der Waals surface area contributed by atoms with Gasteiger partial charge in [-0.05, 0) is 18.8 Å². The third kappa shape index (κ3) is 1.70. The van der Waals surface area contributed by atoms with Gasteiger partial charge < -0.3 is 10.1 Å². The number of nitrogens with zero attached hydrogens (tertiary/aromatic N) is 3. The summed E-state index contributed by atoms with van der Waals surface area (Å²) in [6, 6.07) is 1.69. The molecule has 0 saturated carbocycles. The molecule has 11 heavy (non-hydrogen) atoms. The van der Waals surface area contributed by atoms with Crippen LogP contribution in [-0.4, -0.2) is 14.9 Å². The Balaban J connectivity index is 3.19. The summed E-state index contributed by atoms with van der Waals surface area (Å²) in [7, 11) is 0. The Labute approximate surface area is 63.3 Å². The van der Waals surface area contributed by atoms with Crippen LogP contribution in [-0.2, 0) is 0 Å². The summed E-state index contributed by atoms with van der Waals surface area (Å²) >= 11 is 0. The molecule has 1 aromatic heterocycles. The number of rotatable bonds is 1. The van der Waals surface area contributed by atoms with Gasteiger partial charge in [0.05, 0.1) is 0 Å². The zero-order valence-corrected chi connectivity index (χ0v) is 6.24. The summed E-state index contributed by atoms with van der Waals surface area (Å²) in [5.41, 5.74) is 1.23. The maximum Gasteiger partial charge on any atom is 0.469 e. The number of aryl methyl sites for hydroxylation is 2. The molecule has 0 atom stereocenters. The molecule has 1 aromatic rings. The zero-order valence-electron chi connectivity index (χ0n) is 6.24. The summed E-state index contributed by atoms with van der Waals surface area (Å²) in [5, 5.41) is 10.2. The van der Waals surface area contributed by atoms with Gasteiger partial charge in [-0.15, -0.1) is 0 Å². The fourth-order valence-corrected chi connectivity index (χ4v) is 0.789. The van der Waals surface area contributed by atoms with Crippen molar-refractivity contribution >= 4 is 5.95 Å². The van der Waals surface area contributed by atoms with Crippen molar-refractivity contribution < 1.29 is 4.92 Å². The average molecular weight is 153 g/mol. The fourth-order valence-electron chi connectivity index (χ4n) is 0.789. The Morgan fingerprint density at radius 1 is 1.36 bits per heavy atom. The van der Waals surface area contributed by atoms with Crippen molar-refractivity contribution in [3.05, 3.63) is 27.6 Å². The number of aromatic nitrogens is 2. The lowest BCUT2D eigenvalue weighted by atomic mass is 10.4. The van der Waals surface area contributed by atoms with Crippen molar-refractivity contribution in [2.24, 2.45) is 0 Å². The third-order valence-electron chi connectivity index (χ3n) is 1.13. The monoisotopic (exact) mass is 153 g/mol. The smallest absolute Gasteiger partial charge is 0.390 e. The van der Waals surface area contributed by atoms with Gasteiger partial charge in [0.2, 0.25) is 0 Å². The zero-order chi connectivity index (χ0) is 8.43. The van der Waals surface area contributed by atoms with E-state index < -0.39 is 4.92 Å². The predicted molar refractivity (Wildman–Crippen MR) is 38.2 cm³/mol. The molecule has 0 unspecified atom stereocenters. The molecule has 0 aliphatic rings. The van der Waals surface area contributed by atoms with Gasteiger partial charge in [-0.3, -0.25) is 0 Å². The molecule has 0 radical (unpaired) electrons. The van der Waals surface area contributed by atoms with E-state index in [1.807, 2.05) is 0 Å². The molecule has 58 valence electrons. The maximum absolute atomic E-state index is 10.2. The van der Waals surface area contributed by atoms with Gasteiger partial charge in [0.25, 0.3) is 0 Å². The van der Waals surface area contributed by atoms with Gasteiger partial charge in [-0.2, -0.15) is 0 Å². The normalized spacial score (nSPS) is 9.64. The second-order valence-electron chi connectivity index (χ2n) is 2.21. The van der Waals surface area contributed by atoms with Crippen LogP contribution in [0, 0.1) is 24.0 Å². The van der Waals surface area contributed by atoms with E-state index in [0.29, 0.717) is 11.4 Å². The topological polar surface area (TPSA) is 68.9 Å². The van der Waals surface area contributed by atoms with Crippen LogP contribution in [0.1, 0.15) is 11.4 Å². The lowest BCUT2D eigenvalue weighted by Crippen LogP contribution is -1.98. The number of hydrogen-bond acceptors (Lipinski definition) is 4. The molecule has 0 aromatic carbocycles. The summed E-state index contributed by atoms with van der Waals surface area (Å²) in [4.78, 5) is 16.8. The lowest BCUT2D eigenvalue weighted by molar-refractivity contribution is -0.394. The van der Waals surface area contributed by atoms with Gasteiger partial charge in [0.15, 0.2) is 0 Å². The Hall–Kier alpha value is -1.52. The number of hydrogen-bond donors (Lipinski definition) is 0. The molecule has 0 amide bonds. The van der Waals surface area contributed by atoms with Crippen molar-refractivity contribution in [2.45, 2.75) is 13.8 Å². The van der Waals surface area contributed by atoms with Crippen LogP contribution in [0.4, 0.5) is 5.95 Å². The third-order valence-corrected chi connectivity index (χ3v) is 1.13. The van der Waals surface area contributed by atoms with E-state index in [9.17, 15) is 10.1 Å². The van der Waals surface area contributed by atoms with Crippen LogP contribution in [0.15, 0.2) is 6.07 Å². The van der Waals surface area contributed by atoms with Gasteiger partial charge in [-0.1, -0.05) is 9.97 Å². The minimum Gasteiger partial charge on any atom is -0.390 e. The van der Waals surface area contributed by atoms with Gasteiger partial charge in [0, 0.05) is 6.07 Å². The van der Waals surface area contributed by atoms with E-state index >= 15 is 0 Å². The van der Waals surface area contributed by atoms with Crippen molar-refractivity contribution in [3.8, 4) is 0 Å². The molecule has 1 rings (SSSR count). The van der Waals surface area contributed by atoms with Crippen LogP contribution < -0.4 is 0 Å². The molecule has 0 saturated heterocycles. The van der Waals surface area contributed by atoms with E-state index in [1.54, 1.807) is 19.9 Å². The summed E-state index contributed by atoms with van der Waals surface area (Å²) in [5.74, 6) is -0.331. The quantitative estimate of drug-likeness (QED) is 0.445. The molecule has 0 spiro atoms. The van der Waals surface area contributed by atoms with Crippen molar-refractivity contribution in [1.82, 2.24) is 9.97 Å². The molecular weight excluding hydrogens is 146 g/mol. The van der Waals surface area contributed by atoms with Crippen molar-refractivity contribution in [2.75, 3.05) is 0 Å². The van der Waals surface area contributed by atoms with Crippen LogP contribution in [0.5, 0.6) is 0 Å². The second kappa shape index (κ2) is 2.61. The summed E-state index contributed by atoms with van der Waals surface area (Å²) in [6.07, 6.45) is 0. The van der Waals surface area contributed by atoms with E-state index in [2.05, 4.69) is 9.97 Å². The maximum atomic E-state index is 10.2. The molecule has 5 heteroatoms. The highest BCUT2D eigenvalue weighted by atomic mass is 16.6. The summed E-state index contributed by atoms with van der Waals surface area (Å²) < 4.78 is 0.